The number of hydrogen-bond donors (Lipinski definition) is 1. The number of aromatic nitrogens is 2. The largest absolute Gasteiger partial charge is 0.493 e. The topological polar surface area (TPSA) is 39.1 Å². The number of halogens is 2. The van der Waals surface area contributed by atoms with Crippen molar-refractivity contribution < 1.29 is 13.5 Å². The standard InChI is InChI=1S/C14H17F2N3O/c1-17-12(14-13(20-3)8-18-19(14)2)6-9-4-5-10(15)7-11(9)16/h4-5,7-8,12,17H,6H2,1-3H3. The van der Waals surface area contributed by atoms with Crippen molar-refractivity contribution in [3.8, 4) is 5.75 Å². The fraction of sp³-hybridized carbons (Fsp3) is 0.357. The minimum absolute atomic E-state index is 0.183. The summed E-state index contributed by atoms with van der Waals surface area (Å²) in [6, 6.07) is 3.42. The van der Waals surface area contributed by atoms with Crippen molar-refractivity contribution in [2.45, 2.75) is 12.5 Å². The highest BCUT2D eigenvalue weighted by molar-refractivity contribution is 5.30. The quantitative estimate of drug-likeness (QED) is 0.913. The van der Waals surface area contributed by atoms with Crippen molar-refractivity contribution in [1.29, 1.82) is 0 Å². The van der Waals surface area contributed by atoms with Gasteiger partial charge in [-0.3, -0.25) is 4.68 Å². The number of ether oxygens (including phenoxy) is 1. The lowest BCUT2D eigenvalue weighted by Gasteiger charge is -2.18. The Bertz CT molecular complexity index is 598. The molecule has 20 heavy (non-hydrogen) atoms. The molecule has 6 heteroatoms. The molecule has 0 aliphatic carbocycles. The summed E-state index contributed by atoms with van der Waals surface area (Å²) in [4.78, 5) is 0. The summed E-state index contributed by atoms with van der Waals surface area (Å²) in [5, 5.41) is 7.24. The first-order valence-electron chi connectivity index (χ1n) is 6.24. The Labute approximate surface area is 116 Å². The maximum absolute atomic E-state index is 13.8. The molecule has 4 nitrogen and oxygen atoms in total. The molecule has 1 aromatic carbocycles. The Morgan fingerprint density at radius 1 is 1.40 bits per heavy atom. The zero-order chi connectivity index (χ0) is 14.7. The lowest BCUT2D eigenvalue weighted by atomic mass is 10.0. The zero-order valence-electron chi connectivity index (χ0n) is 11.7. The Hall–Kier alpha value is -1.95. The second kappa shape index (κ2) is 6.00. The van der Waals surface area contributed by atoms with Crippen LogP contribution < -0.4 is 10.1 Å². The second-order valence-corrected chi connectivity index (χ2v) is 4.50. The molecule has 0 amide bonds. The van der Waals surface area contributed by atoms with E-state index in [-0.39, 0.29) is 6.04 Å². The molecule has 0 radical (unpaired) electrons. The van der Waals surface area contributed by atoms with Crippen molar-refractivity contribution in [1.82, 2.24) is 15.1 Å². The summed E-state index contributed by atoms with van der Waals surface area (Å²) in [7, 11) is 5.13. The van der Waals surface area contributed by atoms with Gasteiger partial charge in [-0.2, -0.15) is 5.10 Å². The van der Waals surface area contributed by atoms with E-state index >= 15 is 0 Å². The number of rotatable bonds is 5. The maximum Gasteiger partial charge on any atom is 0.161 e. The molecule has 0 bridgehead atoms. The van der Waals surface area contributed by atoms with Crippen molar-refractivity contribution in [2.75, 3.05) is 14.2 Å². The maximum atomic E-state index is 13.8. The predicted octanol–water partition coefficient (Wildman–Crippen LogP) is 2.21. The molecule has 1 N–H and O–H groups in total. The lowest BCUT2D eigenvalue weighted by Crippen LogP contribution is -2.22. The Kier molecular flexibility index (Phi) is 4.34. The van der Waals surface area contributed by atoms with Gasteiger partial charge in [0.15, 0.2) is 5.75 Å². The summed E-state index contributed by atoms with van der Waals surface area (Å²) in [6.45, 7) is 0. The number of aryl methyl sites for hydroxylation is 1. The lowest BCUT2D eigenvalue weighted by molar-refractivity contribution is 0.396. The number of nitrogens with one attached hydrogen (secondary N) is 1. The number of nitrogens with zero attached hydrogens (tertiary/aromatic N) is 2. The van der Waals surface area contributed by atoms with Crippen molar-refractivity contribution in [2.24, 2.45) is 7.05 Å². The van der Waals surface area contributed by atoms with Crippen LogP contribution >= 0.6 is 0 Å². The molecule has 0 saturated heterocycles. The first-order valence-corrected chi connectivity index (χ1v) is 6.24. The van der Waals surface area contributed by atoms with E-state index in [9.17, 15) is 8.78 Å². The number of hydrogen-bond acceptors (Lipinski definition) is 3. The van der Waals surface area contributed by atoms with Gasteiger partial charge in [-0.1, -0.05) is 6.07 Å². The second-order valence-electron chi connectivity index (χ2n) is 4.50. The first-order chi connectivity index (χ1) is 9.56. The van der Waals surface area contributed by atoms with Gasteiger partial charge >= 0.3 is 0 Å². The number of likely N-dealkylation sites (N-methyl/N-ethyl adjacent to an activating group) is 1. The van der Waals surface area contributed by atoms with Crippen LogP contribution in [-0.4, -0.2) is 23.9 Å². The van der Waals surface area contributed by atoms with Crippen molar-refractivity contribution >= 4 is 0 Å². The van der Waals surface area contributed by atoms with Crippen LogP contribution in [0.2, 0.25) is 0 Å². The molecule has 0 fully saturated rings. The van der Waals surface area contributed by atoms with E-state index in [4.69, 9.17) is 4.74 Å². The Morgan fingerprint density at radius 2 is 2.15 bits per heavy atom. The molecule has 1 atom stereocenters. The van der Waals surface area contributed by atoms with Crippen LogP contribution in [0.15, 0.2) is 24.4 Å². The van der Waals surface area contributed by atoms with Gasteiger partial charge in [0, 0.05) is 13.1 Å². The summed E-state index contributed by atoms with van der Waals surface area (Å²) in [5.74, 6) is -0.494. The molecular weight excluding hydrogens is 264 g/mol. The molecule has 0 aliphatic rings. The van der Waals surface area contributed by atoms with Gasteiger partial charge < -0.3 is 10.1 Å². The van der Waals surface area contributed by atoms with Crippen molar-refractivity contribution in [3.63, 3.8) is 0 Å². The van der Waals surface area contributed by atoms with Crippen LogP contribution in [0.5, 0.6) is 5.75 Å². The van der Waals surface area contributed by atoms with Gasteiger partial charge in [0.25, 0.3) is 0 Å². The van der Waals surface area contributed by atoms with Gasteiger partial charge in [-0.15, -0.1) is 0 Å². The van der Waals surface area contributed by atoms with E-state index in [1.54, 1.807) is 32.1 Å². The summed E-state index contributed by atoms with van der Waals surface area (Å²) in [6.07, 6.45) is 1.99. The van der Waals surface area contributed by atoms with Gasteiger partial charge in [0.2, 0.25) is 0 Å². The molecule has 0 saturated carbocycles. The normalized spacial score (nSPS) is 12.4. The molecular formula is C14H17F2N3O. The molecule has 108 valence electrons. The third-order valence-electron chi connectivity index (χ3n) is 3.29. The molecule has 0 spiro atoms. The van der Waals surface area contributed by atoms with Crippen LogP contribution in [0, 0.1) is 11.6 Å². The molecule has 2 rings (SSSR count). The molecule has 1 heterocycles. The van der Waals surface area contributed by atoms with Crippen LogP contribution in [0.25, 0.3) is 0 Å². The van der Waals surface area contributed by atoms with Crippen molar-refractivity contribution in [3.05, 3.63) is 47.3 Å². The van der Waals surface area contributed by atoms with Crippen LogP contribution in [0.3, 0.4) is 0 Å². The van der Waals surface area contributed by atoms with Gasteiger partial charge in [0.1, 0.15) is 11.6 Å². The van der Waals surface area contributed by atoms with E-state index in [2.05, 4.69) is 10.4 Å². The fourth-order valence-corrected chi connectivity index (χ4v) is 2.22. The van der Waals surface area contributed by atoms with E-state index < -0.39 is 11.6 Å². The summed E-state index contributed by atoms with van der Waals surface area (Å²) in [5.41, 5.74) is 1.26. The SMILES string of the molecule is CNC(Cc1ccc(F)cc1F)c1c(OC)cnn1C. The third kappa shape index (κ3) is 2.80. The highest BCUT2D eigenvalue weighted by Crippen LogP contribution is 2.27. The number of methoxy groups -OCH3 is 1. The average molecular weight is 281 g/mol. The van der Waals surface area contributed by atoms with E-state index in [1.165, 1.54) is 12.1 Å². The average Bonchev–Trinajstić information content (AvgIpc) is 2.79. The highest BCUT2D eigenvalue weighted by Gasteiger charge is 2.21. The molecule has 0 aliphatic heterocycles. The summed E-state index contributed by atoms with van der Waals surface area (Å²) < 4.78 is 33.6. The Balaban J connectivity index is 2.31. The zero-order valence-corrected chi connectivity index (χ0v) is 11.7. The smallest absolute Gasteiger partial charge is 0.161 e. The minimum Gasteiger partial charge on any atom is -0.493 e. The fourth-order valence-electron chi connectivity index (χ4n) is 2.22. The predicted molar refractivity (Wildman–Crippen MR) is 71.6 cm³/mol. The molecule has 2 aromatic rings. The molecule has 1 aromatic heterocycles. The van der Waals surface area contributed by atoms with Crippen LogP contribution in [0.4, 0.5) is 8.78 Å². The number of benzene rings is 1. The van der Waals surface area contributed by atoms with Gasteiger partial charge in [-0.05, 0) is 25.1 Å². The van der Waals surface area contributed by atoms with E-state index in [0.717, 1.165) is 11.8 Å². The van der Waals surface area contributed by atoms with Crippen LogP contribution in [-0.2, 0) is 13.5 Å². The summed E-state index contributed by atoms with van der Waals surface area (Å²) >= 11 is 0. The van der Waals surface area contributed by atoms with E-state index in [0.29, 0.717) is 17.7 Å². The Morgan fingerprint density at radius 3 is 2.75 bits per heavy atom. The van der Waals surface area contributed by atoms with Gasteiger partial charge in [0.05, 0.1) is 25.0 Å². The highest BCUT2D eigenvalue weighted by atomic mass is 19.1. The van der Waals surface area contributed by atoms with E-state index in [1.807, 2.05) is 0 Å². The minimum atomic E-state index is -0.578. The monoisotopic (exact) mass is 281 g/mol. The van der Waals surface area contributed by atoms with Crippen LogP contribution in [0.1, 0.15) is 17.3 Å². The molecule has 1 unspecified atom stereocenters. The third-order valence-corrected chi connectivity index (χ3v) is 3.29. The first kappa shape index (κ1) is 14.5. The van der Waals surface area contributed by atoms with Gasteiger partial charge in [-0.25, -0.2) is 8.78 Å².